The van der Waals surface area contributed by atoms with Crippen LogP contribution in [-0.2, 0) is 11.3 Å². The predicted octanol–water partition coefficient (Wildman–Crippen LogP) is 4.28. The van der Waals surface area contributed by atoms with Gasteiger partial charge in [0.2, 0.25) is 0 Å². The summed E-state index contributed by atoms with van der Waals surface area (Å²) in [4.78, 5) is 30.5. The van der Waals surface area contributed by atoms with E-state index in [1.807, 2.05) is 12.1 Å². The van der Waals surface area contributed by atoms with Crippen molar-refractivity contribution in [3.63, 3.8) is 0 Å². The Balaban J connectivity index is 1.95. The van der Waals surface area contributed by atoms with Crippen molar-refractivity contribution in [2.24, 2.45) is 0 Å². The molecule has 3 aromatic rings. The molecule has 5 nitrogen and oxygen atoms in total. The minimum atomic E-state index is -0.453. The van der Waals surface area contributed by atoms with E-state index >= 15 is 0 Å². The molecule has 140 valence electrons. The van der Waals surface area contributed by atoms with Crippen LogP contribution in [0.15, 0.2) is 48.0 Å². The van der Waals surface area contributed by atoms with Crippen molar-refractivity contribution in [2.45, 2.75) is 33.2 Å². The van der Waals surface area contributed by atoms with Crippen LogP contribution in [0.25, 0.3) is 10.2 Å². The van der Waals surface area contributed by atoms with Crippen LogP contribution in [0.4, 0.5) is 0 Å². The normalized spacial score (nSPS) is 11.1. The van der Waals surface area contributed by atoms with Crippen LogP contribution in [0.1, 0.15) is 46.1 Å². The van der Waals surface area contributed by atoms with E-state index in [0.717, 1.165) is 5.56 Å². The molecule has 0 N–H and O–H groups in total. The van der Waals surface area contributed by atoms with Crippen molar-refractivity contribution in [1.29, 1.82) is 0 Å². The fourth-order valence-corrected chi connectivity index (χ4v) is 3.90. The van der Waals surface area contributed by atoms with Crippen LogP contribution in [0, 0.1) is 6.92 Å². The number of fused-ring (bicyclic) bond motifs is 1. The molecular weight excluding hydrogens is 360 g/mol. The molecule has 0 radical (unpaired) electrons. The Morgan fingerprint density at radius 2 is 2.04 bits per heavy atom. The van der Waals surface area contributed by atoms with Crippen molar-refractivity contribution in [1.82, 2.24) is 9.55 Å². The van der Waals surface area contributed by atoms with E-state index in [1.165, 1.54) is 29.3 Å². The molecule has 0 spiro atoms. The highest BCUT2D eigenvalue weighted by Crippen LogP contribution is 2.27. The van der Waals surface area contributed by atoms with Crippen molar-refractivity contribution in [3.8, 4) is 0 Å². The van der Waals surface area contributed by atoms with Gasteiger partial charge < -0.3 is 4.74 Å². The van der Waals surface area contributed by atoms with Crippen LogP contribution in [-0.4, -0.2) is 22.1 Å². The van der Waals surface area contributed by atoms with E-state index in [2.05, 4.69) is 37.5 Å². The molecular formula is C21H22N2O3S. The molecule has 0 aliphatic rings. The molecule has 6 heteroatoms. The third kappa shape index (κ3) is 3.85. The summed E-state index contributed by atoms with van der Waals surface area (Å²) in [6.45, 7) is 10.2. The Morgan fingerprint density at radius 1 is 1.33 bits per heavy atom. The van der Waals surface area contributed by atoms with Gasteiger partial charge in [0, 0.05) is 0 Å². The second-order valence-electron chi connectivity index (χ2n) is 6.70. The largest absolute Gasteiger partial charge is 0.457 e. The van der Waals surface area contributed by atoms with Gasteiger partial charge >= 0.3 is 5.97 Å². The average Bonchev–Trinajstić information content (AvgIpc) is 3.00. The number of carbonyl (C=O) groups excluding carboxylic acids is 1. The minimum Gasteiger partial charge on any atom is -0.457 e. The van der Waals surface area contributed by atoms with Gasteiger partial charge in [-0.2, -0.15) is 0 Å². The molecule has 0 saturated carbocycles. The quantitative estimate of drug-likeness (QED) is 0.472. The molecule has 0 amide bonds. The van der Waals surface area contributed by atoms with Crippen molar-refractivity contribution < 1.29 is 9.53 Å². The number of aryl methyl sites for hydroxylation is 1. The molecule has 0 unspecified atom stereocenters. The number of rotatable bonds is 6. The fraction of sp³-hybridized carbons (Fsp3) is 0.286. The number of esters is 1. The summed E-state index contributed by atoms with van der Waals surface area (Å²) in [6, 6.07) is 8.23. The standard InChI is InChI=1S/C21H22N2O3S/c1-5-10-26-21(25)18-14(4)17-19(27-18)22-12-23(20(17)24)11-15-6-8-16(9-7-15)13(2)3/h5-9,12-13H,1,10-11H2,2-4H3. The first-order chi connectivity index (χ1) is 12.9. The molecule has 1 aromatic carbocycles. The highest BCUT2D eigenvalue weighted by atomic mass is 32.1. The number of hydrogen-bond acceptors (Lipinski definition) is 5. The molecule has 0 atom stereocenters. The molecule has 0 aliphatic carbocycles. The summed E-state index contributed by atoms with van der Waals surface area (Å²) in [5.41, 5.74) is 2.76. The maximum absolute atomic E-state index is 12.9. The Morgan fingerprint density at radius 3 is 2.67 bits per heavy atom. The maximum Gasteiger partial charge on any atom is 0.348 e. The lowest BCUT2D eigenvalue weighted by atomic mass is 10.0. The molecule has 2 heterocycles. The van der Waals surface area contributed by atoms with Gasteiger partial charge in [0.05, 0.1) is 18.3 Å². The highest BCUT2D eigenvalue weighted by Gasteiger charge is 2.20. The number of benzene rings is 1. The van der Waals surface area contributed by atoms with Gasteiger partial charge in [0.1, 0.15) is 16.3 Å². The summed E-state index contributed by atoms with van der Waals surface area (Å²) >= 11 is 1.18. The van der Waals surface area contributed by atoms with Gasteiger partial charge in [0.25, 0.3) is 5.56 Å². The summed E-state index contributed by atoms with van der Waals surface area (Å²) in [5, 5.41) is 0.479. The number of hydrogen-bond donors (Lipinski definition) is 0. The topological polar surface area (TPSA) is 61.2 Å². The first-order valence-electron chi connectivity index (χ1n) is 8.77. The zero-order valence-corrected chi connectivity index (χ0v) is 16.5. The summed E-state index contributed by atoms with van der Waals surface area (Å²) < 4.78 is 6.68. The lowest BCUT2D eigenvalue weighted by Crippen LogP contribution is -2.21. The molecule has 2 aromatic heterocycles. The number of aromatic nitrogens is 2. The molecule has 0 bridgehead atoms. The van der Waals surface area contributed by atoms with Gasteiger partial charge in [-0.25, -0.2) is 9.78 Å². The third-order valence-electron chi connectivity index (χ3n) is 4.43. The smallest absolute Gasteiger partial charge is 0.348 e. The Labute approximate surface area is 161 Å². The van der Waals surface area contributed by atoms with Crippen LogP contribution in [0.5, 0.6) is 0 Å². The number of carbonyl (C=O) groups is 1. The van der Waals surface area contributed by atoms with Crippen LogP contribution < -0.4 is 5.56 Å². The van der Waals surface area contributed by atoms with E-state index in [-0.39, 0.29) is 12.2 Å². The SMILES string of the molecule is C=CCOC(=O)c1sc2ncn(Cc3ccc(C(C)C)cc3)c(=O)c2c1C. The second-order valence-corrected chi connectivity index (χ2v) is 7.70. The first-order valence-corrected chi connectivity index (χ1v) is 9.59. The van der Waals surface area contributed by atoms with E-state index in [1.54, 1.807) is 11.5 Å². The van der Waals surface area contributed by atoms with Crippen molar-refractivity contribution in [3.05, 3.63) is 75.2 Å². The highest BCUT2D eigenvalue weighted by molar-refractivity contribution is 7.20. The van der Waals surface area contributed by atoms with Crippen LogP contribution >= 0.6 is 11.3 Å². The van der Waals surface area contributed by atoms with Crippen molar-refractivity contribution in [2.75, 3.05) is 6.61 Å². The predicted molar refractivity (Wildman–Crippen MR) is 109 cm³/mol. The van der Waals surface area contributed by atoms with Crippen LogP contribution in [0.3, 0.4) is 0 Å². The second kappa shape index (κ2) is 7.88. The Bertz CT molecular complexity index is 1050. The van der Waals surface area contributed by atoms with Gasteiger partial charge in [-0.3, -0.25) is 9.36 Å². The fourth-order valence-electron chi connectivity index (χ4n) is 2.87. The minimum absolute atomic E-state index is 0.135. The zero-order valence-electron chi connectivity index (χ0n) is 15.7. The van der Waals surface area contributed by atoms with E-state index in [9.17, 15) is 9.59 Å². The number of nitrogens with zero attached hydrogens (tertiary/aromatic N) is 2. The van der Waals surface area contributed by atoms with Gasteiger partial charge in [-0.05, 0) is 29.5 Å². The Hall–Kier alpha value is -2.73. The maximum atomic E-state index is 12.9. The zero-order chi connectivity index (χ0) is 19.6. The number of ether oxygens (including phenoxy) is 1. The van der Waals surface area contributed by atoms with Crippen LogP contribution in [0.2, 0.25) is 0 Å². The van der Waals surface area contributed by atoms with Gasteiger partial charge in [-0.1, -0.05) is 50.8 Å². The van der Waals surface area contributed by atoms with Gasteiger partial charge in [-0.15, -0.1) is 11.3 Å². The lowest BCUT2D eigenvalue weighted by Gasteiger charge is -2.08. The Kier molecular flexibility index (Phi) is 5.56. The number of thiophene rings is 1. The third-order valence-corrected chi connectivity index (χ3v) is 5.61. The van der Waals surface area contributed by atoms with E-state index in [4.69, 9.17) is 4.74 Å². The molecule has 0 fully saturated rings. The van der Waals surface area contributed by atoms with Crippen molar-refractivity contribution >= 4 is 27.5 Å². The molecule has 0 aliphatic heterocycles. The first kappa shape index (κ1) is 19.0. The molecule has 0 saturated heterocycles. The lowest BCUT2D eigenvalue weighted by molar-refractivity contribution is 0.0555. The monoisotopic (exact) mass is 382 g/mol. The summed E-state index contributed by atoms with van der Waals surface area (Å²) in [5.74, 6) is 0.0122. The van der Waals surface area contributed by atoms with E-state index < -0.39 is 5.97 Å². The summed E-state index contributed by atoms with van der Waals surface area (Å²) in [7, 11) is 0. The van der Waals surface area contributed by atoms with E-state index in [0.29, 0.717) is 33.1 Å². The molecule has 27 heavy (non-hydrogen) atoms. The van der Waals surface area contributed by atoms with Gasteiger partial charge in [0.15, 0.2) is 0 Å². The summed E-state index contributed by atoms with van der Waals surface area (Å²) in [6.07, 6.45) is 3.05. The molecule has 3 rings (SSSR count). The average molecular weight is 382 g/mol.